The van der Waals surface area contributed by atoms with Gasteiger partial charge in [-0.25, -0.2) is 0 Å². The molecule has 0 aliphatic carbocycles. The summed E-state index contributed by atoms with van der Waals surface area (Å²) in [6.07, 6.45) is 0. The van der Waals surface area contributed by atoms with Crippen LogP contribution in [0.25, 0.3) is 32.7 Å². The second kappa shape index (κ2) is 9.79. The van der Waals surface area contributed by atoms with E-state index < -0.39 is 0 Å². The summed E-state index contributed by atoms with van der Waals surface area (Å²) in [4.78, 5) is 6.27. The highest BCUT2D eigenvalue weighted by molar-refractivity contribution is 8.23. The molecule has 0 aliphatic heterocycles. The van der Waals surface area contributed by atoms with Crippen LogP contribution in [0.5, 0.6) is 0 Å². The van der Waals surface area contributed by atoms with Gasteiger partial charge in [-0.1, -0.05) is 109 Å². The zero-order valence-corrected chi connectivity index (χ0v) is 21.7. The summed E-state index contributed by atoms with van der Waals surface area (Å²) in [5.74, 6) is 0. The lowest BCUT2D eigenvalue weighted by molar-refractivity contribution is 0.648. The number of hydrogen-bond acceptors (Lipinski definition) is 4. The third-order valence-corrected chi connectivity index (χ3v) is 8.59. The van der Waals surface area contributed by atoms with Gasteiger partial charge in [-0.15, -0.1) is 0 Å². The number of nitrogens with zero attached hydrogens (tertiary/aromatic N) is 2. The molecular weight excluding hydrogens is 469 g/mol. The van der Waals surface area contributed by atoms with Gasteiger partial charge >= 0.3 is 0 Å². The van der Waals surface area contributed by atoms with Crippen molar-refractivity contribution >= 4 is 78.1 Å². The summed E-state index contributed by atoms with van der Waals surface area (Å²) in [7, 11) is 7.96. The van der Waals surface area contributed by atoms with Crippen molar-refractivity contribution in [3.8, 4) is 11.1 Å². The average molecular weight is 493 g/mol. The molecule has 162 valence electrons. The molecule has 4 aromatic rings. The van der Waals surface area contributed by atoms with Gasteiger partial charge in [0.05, 0.1) is 0 Å². The zero-order chi connectivity index (χ0) is 22.8. The maximum Gasteiger partial charge on any atom is 0.140 e. The molecule has 4 rings (SSSR count). The Hall–Kier alpha value is -2.12. The Morgan fingerprint density at radius 1 is 0.562 bits per heavy atom. The standard InChI is InChI=1S/C26H24N2S4/c1-27(2)25(29)31-21-15-13-17-9-5-7-11-19(17)23(21)24-20-12-8-6-10-18(20)14-16-22(24)32-26(30)28(3)4/h5-16H,1-4H3. The van der Waals surface area contributed by atoms with Crippen molar-refractivity contribution in [2.45, 2.75) is 9.79 Å². The number of benzene rings is 4. The first-order valence-electron chi connectivity index (χ1n) is 10.2. The minimum atomic E-state index is 0.833. The van der Waals surface area contributed by atoms with Crippen LogP contribution in [0.15, 0.2) is 82.6 Å². The van der Waals surface area contributed by atoms with Crippen molar-refractivity contribution in [1.82, 2.24) is 9.80 Å². The quantitative estimate of drug-likeness (QED) is 0.214. The molecule has 0 amide bonds. The SMILES string of the molecule is CN(C)C(=S)Sc1ccc2ccccc2c1-c1c(SC(=S)N(C)C)ccc2ccccc12. The maximum absolute atomic E-state index is 5.68. The van der Waals surface area contributed by atoms with E-state index >= 15 is 0 Å². The molecule has 6 heteroatoms. The van der Waals surface area contributed by atoms with Gasteiger partial charge in [-0.3, -0.25) is 0 Å². The lowest BCUT2D eigenvalue weighted by atomic mass is 9.94. The van der Waals surface area contributed by atoms with Crippen LogP contribution >= 0.6 is 48.0 Å². The zero-order valence-electron chi connectivity index (χ0n) is 18.5. The largest absolute Gasteiger partial charge is 0.363 e. The van der Waals surface area contributed by atoms with Crippen LogP contribution in [0, 0.1) is 0 Å². The van der Waals surface area contributed by atoms with Crippen molar-refractivity contribution in [3.05, 3.63) is 72.8 Å². The van der Waals surface area contributed by atoms with Gasteiger partial charge in [0.25, 0.3) is 0 Å². The lowest BCUT2D eigenvalue weighted by Gasteiger charge is -2.21. The van der Waals surface area contributed by atoms with E-state index in [2.05, 4.69) is 72.8 Å². The van der Waals surface area contributed by atoms with Crippen LogP contribution in [-0.4, -0.2) is 46.6 Å². The third kappa shape index (κ3) is 4.64. The van der Waals surface area contributed by atoms with E-state index in [-0.39, 0.29) is 0 Å². The van der Waals surface area contributed by atoms with E-state index in [0.717, 1.165) is 18.4 Å². The molecular formula is C26H24N2S4. The van der Waals surface area contributed by atoms with E-state index in [4.69, 9.17) is 24.4 Å². The van der Waals surface area contributed by atoms with Gasteiger partial charge in [0.2, 0.25) is 0 Å². The van der Waals surface area contributed by atoms with Crippen LogP contribution < -0.4 is 0 Å². The van der Waals surface area contributed by atoms with Crippen molar-refractivity contribution in [2.75, 3.05) is 28.2 Å². The molecule has 0 radical (unpaired) electrons. The Morgan fingerprint density at radius 2 is 0.938 bits per heavy atom. The molecule has 0 N–H and O–H groups in total. The predicted molar refractivity (Wildman–Crippen MR) is 151 cm³/mol. The Labute approximate surface area is 209 Å². The Morgan fingerprint density at radius 3 is 1.31 bits per heavy atom. The number of thiocarbonyl (C=S) groups is 2. The summed E-state index contributed by atoms with van der Waals surface area (Å²) in [5.41, 5.74) is 2.41. The number of thioether (sulfide) groups is 2. The van der Waals surface area contributed by atoms with Crippen LogP contribution in [0.3, 0.4) is 0 Å². The third-order valence-electron chi connectivity index (χ3n) is 5.16. The monoisotopic (exact) mass is 492 g/mol. The maximum atomic E-state index is 5.68. The predicted octanol–water partition coefficient (Wildman–Crippen LogP) is 7.54. The fourth-order valence-electron chi connectivity index (χ4n) is 3.56. The van der Waals surface area contributed by atoms with E-state index in [1.807, 2.05) is 38.0 Å². The Bertz CT molecular complexity index is 1220. The molecule has 4 aromatic carbocycles. The van der Waals surface area contributed by atoms with E-state index in [1.54, 1.807) is 23.5 Å². The fourth-order valence-corrected chi connectivity index (χ4v) is 5.74. The van der Waals surface area contributed by atoms with Gasteiger partial charge < -0.3 is 9.80 Å². The molecule has 0 spiro atoms. The van der Waals surface area contributed by atoms with Crippen molar-refractivity contribution in [1.29, 1.82) is 0 Å². The topological polar surface area (TPSA) is 6.48 Å². The normalized spacial score (nSPS) is 11.0. The first-order valence-corrected chi connectivity index (χ1v) is 12.6. The Kier molecular flexibility index (Phi) is 7.05. The molecule has 0 saturated carbocycles. The Balaban J connectivity index is 2.07. The number of fused-ring (bicyclic) bond motifs is 2. The molecule has 0 saturated heterocycles. The molecule has 32 heavy (non-hydrogen) atoms. The summed E-state index contributed by atoms with van der Waals surface area (Å²) >= 11 is 14.6. The number of hydrogen-bond donors (Lipinski definition) is 0. The fraction of sp³-hybridized carbons (Fsp3) is 0.154. The number of rotatable bonds is 3. The van der Waals surface area contributed by atoms with Crippen molar-refractivity contribution in [3.63, 3.8) is 0 Å². The van der Waals surface area contributed by atoms with Crippen LogP contribution in [0.4, 0.5) is 0 Å². The minimum absolute atomic E-state index is 0.833. The second-order valence-electron chi connectivity index (χ2n) is 7.84. The first kappa shape index (κ1) is 23.1. The van der Waals surface area contributed by atoms with Gasteiger partial charge in [0.15, 0.2) is 0 Å². The van der Waals surface area contributed by atoms with E-state index in [0.29, 0.717) is 0 Å². The highest BCUT2D eigenvalue weighted by Crippen LogP contribution is 2.46. The lowest BCUT2D eigenvalue weighted by Crippen LogP contribution is -2.16. The van der Waals surface area contributed by atoms with Gasteiger partial charge in [-0.05, 0) is 33.7 Å². The van der Waals surface area contributed by atoms with Crippen molar-refractivity contribution < 1.29 is 0 Å². The van der Waals surface area contributed by atoms with Gasteiger partial charge in [0, 0.05) is 49.1 Å². The molecule has 0 atom stereocenters. The molecule has 0 aliphatic rings. The summed E-state index contributed by atoms with van der Waals surface area (Å²) < 4.78 is 1.67. The summed E-state index contributed by atoms with van der Waals surface area (Å²) in [6.45, 7) is 0. The van der Waals surface area contributed by atoms with Crippen LogP contribution in [0.2, 0.25) is 0 Å². The average Bonchev–Trinajstić information content (AvgIpc) is 2.79. The van der Waals surface area contributed by atoms with Gasteiger partial charge in [0.1, 0.15) is 8.64 Å². The summed E-state index contributed by atoms with van der Waals surface area (Å²) in [5, 5.41) is 4.85. The first-order chi connectivity index (χ1) is 15.4. The molecule has 0 bridgehead atoms. The van der Waals surface area contributed by atoms with Gasteiger partial charge in [-0.2, -0.15) is 0 Å². The second-order valence-corrected chi connectivity index (χ2v) is 11.2. The highest BCUT2D eigenvalue weighted by atomic mass is 32.2. The molecule has 0 fully saturated rings. The molecule has 0 aromatic heterocycles. The summed E-state index contributed by atoms with van der Waals surface area (Å²) in [6, 6.07) is 25.9. The van der Waals surface area contributed by atoms with Crippen LogP contribution in [-0.2, 0) is 0 Å². The van der Waals surface area contributed by atoms with E-state index in [9.17, 15) is 0 Å². The van der Waals surface area contributed by atoms with Crippen molar-refractivity contribution in [2.24, 2.45) is 0 Å². The molecule has 0 unspecified atom stereocenters. The van der Waals surface area contributed by atoms with Crippen LogP contribution in [0.1, 0.15) is 0 Å². The smallest absolute Gasteiger partial charge is 0.140 e. The molecule has 2 nitrogen and oxygen atoms in total. The molecule has 0 heterocycles. The van der Waals surface area contributed by atoms with E-state index in [1.165, 1.54) is 32.7 Å². The highest BCUT2D eigenvalue weighted by Gasteiger charge is 2.20. The minimum Gasteiger partial charge on any atom is -0.363 e.